The zero-order valence-electron chi connectivity index (χ0n) is 9.15. The fourth-order valence-corrected chi connectivity index (χ4v) is 1.76. The van der Waals surface area contributed by atoms with Crippen molar-refractivity contribution in [3.05, 3.63) is 70.2 Å². The van der Waals surface area contributed by atoms with Gasteiger partial charge < -0.3 is 5.73 Å². The van der Waals surface area contributed by atoms with Gasteiger partial charge in [-0.1, -0.05) is 53.6 Å². The topological polar surface area (TPSA) is 26.0 Å². The molecule has 0 saturated heterocycles. The van der Waals surface area contributed by atoms with Crippen LogP contribution in [-0.4, -0.2) is 0 Å². The lowest BCUT2D eigenvalue weighted by molar-refractivity contribution is 0.871. The molecule has 0 saturated carbocycles. The maximum atomic E-state index is 6.17. The molecule has 1 atom stereocenters. The van der Waals surface area contributed by atoms with Crippen LogP contribution in [0.3, 0.4) is 0 Å². The van der Waals surface area contributed by atoms with Gasteiger partial charge in [-0.05, 0) is 30.2 Å². The van der Waals surface area contributed by atoms with E-state index in [1.807, 2.05) is 24.3 Å². The van der Waals surface area contributed by atoms with Crippen molar-refractivity contribution in [2.24, 2.45) is 5.73 Å². The Balaban J connectivity index is 2.28. The number of benzene rings is 2. The van der Waals surface area contributed by atoms with Crippen LogP contribution in [0.2, 0.25) is 5.02 Å². The molecule has 0 radical (unpaired) electrons. The molecule has 0 bridgehead atoms. The smallest absolute Gasteiger partial charge is 0.0551 e. The molecule has 0 aliphatic rings. The Morgan fingerprint density at radius 2 is 1.31 bits per heavy atom. The Hall–Kier alpha value is -1.31. The van der Waals surface area contributed by atoms with Gasteiger partial charge in [0, 0.05) is 5.02 Å². The lowest BCUT2D eigenvalue weighted by Crippen LogP contribution is -2.11. The van der Waals surface area contributed by atoms with Gasteiger partial charge in [0.05, 0.1) is 6.04 Å². The highest BCUT2D eigenvalue weighted by Gasteiger charge is 2.07. The second-order valence-electron chi connectivity index (χ2n) is 3.94. The molecule has 0 unspecified atom stereocenters. The quantitative estimate of drug-likeness (QED) is 0.838. The van der Waals surface area contributed by atoms with Gasteiger partial charge in [-0.2, -0.15) is 0 Å². The van der Waals surface area contributed by atoms with Crippen molar-refractivity contribution < 1.29 is 0 Å². The molecular weight excluding hydrogens is 218 g/mol. The van der Waals surface area contributed by atoms with Crippen molar-refractivity contribution in [3.63, 3.8) is 0 Å². The fraction of sp³-hybridized carbons (Fsp3) is 0.143. The largest absolute Gasteiger partial charge is 0.320 e. The molecule has 82 valence electrons. The van der Waals surface area contributed by atoms with Crippen LogP contribution >= 0.6 is 11.6 Å². The van der Waals surface area contributed by atoms with Gasteiger partial charge in [0.2, 0.25) is 0 Å². The van der Waals surface area contributed by atoms with Crippen LogP contribution in [0.4, 0.5) is 0 Å². The standard InChI is InChI=1S/C14H14ClN/c1-10-2-4-11(5-3-10)14(16)12-6-8-13(15)9-7-12/h2-9,14H,16H2,1H3/t14-/m1/s1. The van der Waals surface area contributed by atoms with Gasteiger partial charge in [-0.3, -0.25) is 0 Å². The molecule has 0 spiro atoms. The molecule has 2 aromatic carbocycles. The van der Waals surface area contributed by atoms with Crippen molar-refractivity contribution in [3.8, 4) is 0 Å². The van der Waals surface area contributed by atoms with Gasteiger partial charge in [0.15, 0.2) is 0 Å². The Morgan fingerprint density at radius 3 is 1.81 bits per heavy atom. The molecule has 16 heavy (non-hydrogen) atoms. The van der Waals surface area contributed by atoms with E-state index in [0.29, 0.717) is 0 Å². The van der Waals surface area contributed by atoms with Crippen molar-refractivity contribution in [1.29, 1.82) is 0 Å². The summed E-state index contributed by atoms with van der Waals surface area (Å²) in [5.74, 6) is 0. The van der Waals surface area contributed by atoms with E-state index in [9.17, 15) is 0 Å². The average Bonchev–Trinajstić information content (AvgIpc) is 2.30. The summed E-state index contributed by atoms with van der Waals surface area (Å²) >= 11 is 5.84. The van der Waals surface area contributed by atoms with E-state index >= 15 is 0 Å². The SMILES string of the molecule is Cc1ccc([C@@H](N)c2ccc(Cl)cc2)cc1. The molecule has 1 nitrogen and oxygen atoms in total. The van der Waals surface area contributed by atoms with Gasteiger partial charge >= 0.3 is 0 Å². The monoisotopic (exact) mass is 231 g/mol. The van der Waals surface area contributed by atoms with Crippen LogP contribution in [0.25, 0.3) is 0 Å². The third-order valence-corrected chi connectivity index (χ3v) is 2.92. The minimum atomic E-state index is -0.0853. The highest BCUT2D eigenvalue weighted by molar-refractivity contribution is 6.30. The molecule has 2 heteroatoms. The molecule has 0 aromatic heterocycles. The lowest BCUT2D eigenvalue weighted by atomic mass is 9.99. The van der Waals surface area contributed by atoms with Crippen LogP contribution in [0.5, 0.6) is 0 Å². The van der Waals surface area contributed by atoms with Crippen LogP contribution in [0.15, 0.2) is 48.5 Å². The Morgan fingerprint density at radius 1 is 0.875 bits per heavy atom. The summed E-state index contributed by atoms with van der Waals surface area (Å²) in [5.41, 5.74) is 9.61. The first kappa shape index (κ1) is 11.2. The summed E-state index contributed by atoms with van der Waals surface area (Å²) in [6.45, 7) is 2.07. The van der Waals surface area contributed by atoms with E-state index in [1.165, 1.54) is 5.56 Å². The second kappa shape index (κ2) is 4.69. The van der Waals surface area contributed by atoms with Crippen LogP contribution < -0.4 is 5.73 Å². The summed E-state index contributed by atoms with van der Waals surface area (Å²) in [6, 6.07) is 15.9. The number of nitrogens with two attached hydrogens (primary N) is 1. The molecular formula is C14H14ClN. The number of halogens is 1. The minimum Gasteiger partial charge on any atom is -0.320 e. The van der Waals surface area contributed by atoms with Gasteiger partial charge in [-0.15, -0.1) is 0 Å². The average molecular weight is 232 g/mol. The van der Waals surface area contributed by atoms with E-state index in [4.69, 9.17) is 17.3 Å². The first-order valence-electron chi connectivity index (χ1n) is 5.24. The summed E-state index contributed by atoms with van der Waals surface area (Å²) in [7, 11) is 0. The third-order valence-electron chi connectivity index (χ3n) is 2.67. The van der Waals surface area contributed by atoms with E-state index in [1.54, 1.807) is 0 Å². The van der Waals surface area contributed by atoms with Crippen LogP contribution in [0, 0.1) is 6.92 Å². The summed E-state index contributed by atoms with van der Waals surface area (Å²) in [6.07, 6.45) is 0. The van der Waals surface area contributed by atoms with Gasteiger partial charge in [-0.25, -0.2) is 0 Å². The Bertz CT molecular complexity index is 414. The van der Waals surface area contributed by atoms with E-state index in [2.05, 4.69) is 31.2 Å². The van der Waals surface area contributed by atoms with Gasteiger partial charge in [0.25, 0.3) is 0 Å². The highest BCUT2D eigenvalue weighted by Crippen LogP contribution is 2.21. The number of rotatable bonds is 2. The Labute approximate surface area is 101 Å². The van der Waals surface area contributed by atoms with Gasteiger partial charge in [0.1, 0.15) is 0 Å². The molecule has 0 fully saturated rings. The molecule has 0 amide bonds. The summed E-state index contributed by atoms with van der Waals surface area (Å²) in [4.78, 5) is 0. The lowest BCUT2D eigenvalue weighted by Gasteiger charge is -2.12. The molecule has 0 heterocycles. The van der Waals surface area contributed by atoms with E-state index in [0.717, 1.165) is 16.1 Å². The maximum Gasteiger partial charge on any atom is 0.0551 e. The first-order chi connectivity index (χ1) is 7.66. The van der Waals surface area contributed by atoms with Crippen LogP contribution in [-0.2, 0) is 0 Å². The molecule has 2 aromatic rings. The first-order valence-corrected chi connectivity index (χ1v) is 5.62. The van der Waals surface area contributed by atoms with Crippen molar-refractivity contribution >= 4 is 11.6 Å². The van der Waals surface area contributed by atoms with Crippen molar-refractivity contribution in [2.75, 3.05) is 0 Å². The summed E-state index contributed by atoms with van der Waals surface area (Å²) < 4.78 is 0. The second-order valence-corrected chi connectivity index (χ2v) is 4.38. The highest BCUT2D eigenvalue weighted by atomic mass is 35.5. The molecule has 0 aliphatic heterocycles. The van der Waals surface area contributed by atoms with Crippen molar-refractivity contribution in [2.45, 2.75) is 13.0 Å². The van der Waals surface area contributed by atoms with Crippen LogP contribution in [0.1, 0.15) is 22.7 Å². The summed E-state index contributed by atoms with van der Waals surface area (Å²) in [5, 5.41) is 0.736. The molecule has 0 aliphatic carbocycles. The third kappa shape index (κ3) is 2.43. The minimum absolute atomic E-state index is 0.0853. The fourth-order valence-electron chi connectivity index (χ4n) is 1.64. The zero-order valence-corrected chi connectivity index (χ0v) is 9.91. The Kier molecular flexibility index (Phi) is 3.28. The van der Waals surface area contributed by atoms with E-state index < -0.39 is 0 Å². The predicted molar refractivity (Wildman–Crippen MR) is 68.7 cm³/mol. The maximum absolute atomic E-state index is 6.17. The predicted octanol–water partition coefficient (Wildman–Crippen LogP) is 3.70. The van der Waals surface area contributed by atoms with Crippen molar-refractivity contribution in [1.82, 2.24) is 0 Å². The normalized spacial score (nSPS) is 12.4. The zero-order chi connectivity index (χ0) is 11.5. The van der Waals surface area contributed by atoms with E-state index in [-0.39, 0.29) is 6.04 Å². The molecule has 2 rings (SSSR count). The number of hydrogen-bond acceptors (Lipinski definition) is 1. The number of hydrogen-bond donors (Lipinski definition) is 1. The number of aryl methyl sites for hydroxylation is 1. The molecule has 2 N–H and O–H groups in total.